The second-order valence-electron chi connectivity index (χ2n) is 6.94. The van der Waals surface area contributed by atoms with Gasteiger partial charge in [0, 0.05) is 19.0 Å². The van der Waals surface area contributed by atoms with E-state index in [1.807, 2.05) is 38.0 Å². The fraction of sp³-hybridized carbons (Fsp3) is 0.600. The second kappa shape index (κ2) is 9.14. The Hall–Kier alpha value is -1.92. The summed E-state index contributed by atoms with van der Waals surface area (Å²) in [6.45, 7) is 7.40. The van der Waals surface area contributed by atoms with Gasteiger partial charge in [0.15, 0.2) is 0 Å². The summed E-state index contributed by atoms with van der Waals surface area (Å²) >= 11 is 0. The molecule has 0 aromatic heterocycles. The molecule has 6 heteroatoms. The van der Waals surface area contributed by atoms with Gasteiger partial charge in [-0.2, -0.15) is 5.06 Å². The SMILES string of the molecule is COC(=O)C(OC(=O)Cc1c(C)cc(C)cc1C)C1CCN(OC)CC1. The normalized spacial score (nSPS) is 17.0. The van der Waals surface area contributed by atoms with Gasteiger partial charge in [0.1, 0.15) is 0 Å². The second-order valence-corrected chi connectivity index (χ2v) is 6.94. The molecule has 0 amide bonds. The van der Waals surface area contributed by atoms with Crippen LogP contribution in [-0.4, -0.2) is 50.4 Å². The van der Waals surface area contributed by atoms with Crippen molar-refractivity contribution in [1.29, 1.82) is 0 Å². The molecule has 1 aliphatic rings. The number of hydroxylamine groups is 2. The van der Waals surface area contributed by atoms with Gasteiger partial charge < -0.3 is 14.3 Å². The van der Waals surface area contributed by atoms with Gasteiger partial charge in [0.05, 0.1) is 20.6 Å². The number of hydrogen-bond donors (Lipinski definition) is 0. The molecule has 1 unspecified atom stereocenters. The lowest BCUT2D eigenvalue weighted by atomic mass is 9.91. The highest BCUT2D eigenvalue weighted by atomic mass is 16.7. The fourth-order valence-corrected chi connectivity index (χ4v) is 3.63. The Morgan fingerprint density at radius 1 is 1.12 bits per heavy atom. The van der Waals surface area contributed by atoms with Crippen LogP contribution in [0.2, 0.25) is 0 Å². The molecule has 0 bridgehead atoms. The Balaban J connectivity index is 2.06. The zero-order chi connectivity index (χ0) is 19.3. The Labute approximate surface area is 155 Å². The molecule has 2 rings (SSSR count). The first kappa shape index (κ1) is 20.4. The Bertz CT molecular complexity index is 627. The number of esters is 2. The van der Waals surface area contributed by atoms with E-state index < -0.39 is 18.0 Å². The van der Waals surface area contributed by atoms with Gasteiger partial charge in [-0.25, -0.2) is 4.79 Å². The van der Waals surface area contributed by atoms with E-state index in [0.717, 1.165) is 22.3 Å². The number of methoxy groups -OCH3 is 1. The molecule has 26 heavy (non-hydrogen) atoms. The van der Waals surface area contributed by atoms with Gasteiger partial charge in [-0.1, -0.05) is 17.7 Å². The summed E-state index contributed by atoms with van der Waals surface area (Å²) in [5.74, 6) is -0.950. The number of carbonyl (C=O) groups excluding carboxylic acids is 2. The summed E-state index contributed by atoms with van der Waals surface area (Å²) in [6.07, 6.45) is 0.715. The maximum atomic E-state index is 12.5. The number of carbonyl (C=O) groups is 2. The van der Waals surface area contributed by atoms with Crippen LogP contribution in [0.4, 0.5) is 0 Å². The molecule has 0 spiro atoms. The number of rotatable bonds is 6. The van der Waals surface area contributed by atoms with Gasteiger partial charge in [-0.15, -0.1) is 0 Å². The summed E-state index contributed by atoms with van der Waals surface area (Å²) in [6, 6.07) is 4.10. The van der Waals surface area contributed by atoms with Crippen LogP contribution >= 0.6 is 0 Å². The molecule has 0 aliphatic carbocycles. The third kappa shape index (κ3) is 5.05. The van der Waals surface area contributed by atoms with Gasteiger partial charge in [-0.3, -0.25) is 4.79 Å². The summed E-state index contributed by atoms with van der Waals surface area (Å²) in [5, 5.41) is 1.84. The van der Waals surface area contributed by atoms with Crippen molar-refractivity contribution in [2.24, 2.45) is 5.92 Å². The number of piperidine rings is 1. The molecule has 144 valence electrons. The number of ether oxygens (including phenoxy) is 2. The first-order valence-corrected chi connectivity index (χ1v) is 8.98. The van der Waals surface area contributed by atoms with E-state index in [-0.39, 0.29) is 12.3 Å². The molecule has 1 heterocycles. The van der Waals surface area contributed by atoms with Crippen molar-refractivity contribution in [3.8, 4) is 0 Å². The van der Waals surface area contributed by atoms with E-state index in [9.17, 15) is 9.59 Å². The van der Waals surface area contributed by atoms with Crippen molar-refractivity contribution in [2.45, 2.75) is 46.1 Å². The maximum Gasteiger partial charge on any atom is 0.347 e. The van der Waals surface area contributed by atoms with Crippen molar-refractivity contribution in [1.82, 2.24) is 5.06 Å². The van der Waals surface area contributed by atoms with Crippen LogP contribution in [-0.2, 0) is 30.3 Å². The van der Waals surface area contributed by atoms with Gasteiger partial charge in [-0.05, 0) is 50.3 Å². The maximum absolute atomic E-state index is 12.5. The molecule has 0 radical (unpaired) electrons. The summed E-state index contributed by atoms with van der Waals surface area (Å²) in [5.41, 5.74) is 4.23. The average molecular weight is 363 g/mol. The zero-order valence-electron chi connectivity index (χ0n) is 16.3. The summed E-state index contributed by atoms with van der Waals surface area (Å²) < 4.78 is 10.5. The van der Waals surface area contributed by atoms with E-state index in [2.05, 4.69) is 0 Å². The quantitative estimate of drug-likeness (QED) is 0.724. The lowest BCUT2D eigenvalue weighted by molar-refractivity contribution is -0.179. The Morgan fingerprint density at radius 2 is 1.69 bits per heavy atom. The molecule has 1 aromatic rings. The molecule has 1 aromatic carbocycles. The smallest absolute Gasteiger partial charge is 0.347 e. The average Bonchev–Trinajstić information content (AvgIpc) is 2.62. The number of benzene rings is 1. The minimum Gasteiger partial charge on any atom is -0.466 e. The lowest BCUT2D eigenvalue weighted by Crippen LogP contribution is -2.42. The highest BCUT2D eigenvalue weighted by molar-refractivity contribution is 5.81. The van der Waals surface area contributed by atoms with Crippen molar-refractivity contribution < 1.29 is 23.9 Å². The molecule has 0 N–H and O–H groups in total. The van der Waals surface area contributed by atoms with Crippen LogP contribution < -0.4 is 0 Å². The number of hydrogen-bond acceptors (Lipinski definition) is 6. The zero-order valence-corrected chi connectivity index (χ0v) is 16.3. The van der Waals surface area contributed by atoms with Crippen LogP contribution in [0.5, 0.6) is 0 Å². The van der Waals surface area contributed by atoms with Crippen LogP contribution in [0.15, 0.2) is 12.1 Å². The van der Waals surface area contributed by atoms with Crippen LogP contribution in [0.1, 0.15) is 35.1 Å². The molecule has 6 nitrogen and oxygen atoms in total. The van der Waals surface area contributed by atoms with Crippen molar-refractivity contribution in [3.05, 3.63) is 34.4 Å². The Morgan fingerprint density at radius 3 is 2.19 bits per heavy atom. The molecular weight excluding hydrogens is 334 g/mol. The van der Waals surface area contributed by atoms with E-state index in [1.165, 1.54) is 7.11 Å². The van der Waals surface area contributed by atoms with Crippen LogP contribution in [0.3, 0.4) is 0 Å². The molecule has 1 saturated heterocycles. The predicted octanol–water partition coefficient (Wildman–Crippen LogP) is 2.51. The summed E-state index contributed by atoms with van der Waals surface area (Å²) in [4.78, 5) is 29.9. The molecule has 1 aliphatic heterocycles. The predicted molar refractivity (Wildman–Crippen MR) is 97.6 cm³/mol. The van der Waals surface area contributed by atoms with E-state index in [1.54, 1.807) is 7.11 Å². The third-order valence-electron chi connectivity index (χ3n) is 5.04. The number of nitrogens with zero attached hydrogens (tertiary/aromatic N) is 1. The van der Waals surface area contributed by atoms with Crippen LogP contribution in [0.25, 0.3) is 0 Å². The first-order chi connectivity index (χ1) is 12.3. The third-order valence-corrected chi connectivity index (χ3v) is 5.04. The monoisotopic (exact) mass is 363 g/mol. The minimum absolute atomic E-state index is 0.0574. The van der Waals surface area contributed by atoms with Gasteiger partial charge >= 0.3 is 11.9 Å². The first-order valence-electron chi connectivity index (χ1n) is 8.98. The molecular formula is C20H29NO5. The van der Waals surface area contributed by atoms with Gasteiger partial charge in [0.2, 0.25) is 6.10 Å². The highest BCUT2D eigenvalue weighted by Crippen LogP contribution is 2.25. The number of aryl methyl sites for hydroxylation is 3. The van der Waals surface area contributed by atoms with E-state index in [0.29, 0.717) is 25.9 Å². The largest absolute Gasteiger partial charge is 0.466 e. The van der Waals surface area contributed by atoms with E-state index in [4.69, 9.17) is 14.3 Å². The van der Waals surface area contributed by atoms with Crippen molar-refractivity contribution in [3.63, 3.8) is 0 Å². The molecule has 1 atom stereocenters. The lowest BCUT2D eigenvalue weighted by Gasteiger charge is -2.33. The summed E-state index contributed by atoms with van der Waals surface area (Å²) in [7, 11) is 2.95. The standard InChI is InChI=1S/C20H29NO5/c1-13-10-14(2)17(15(3)11-13)12-18(22)26-19(20(23)24-4)16-6-8-21(25-5)9-7-16/h10-11,16,19H,6-9,12H2,1-5H3. The minimum atomic E-state index is -0.863. The van der Waals surface area contributed by atoms with Crippen LogP contribution in [0, 0.1) is 26.7 Å². The molecule has 1 fully saturated rings. The fourth-order valence-electron chi connectivity index (χ4n) is 3.63. The highest BCUT2D eigenvalue weighted by Gasteiger charge is 2.35. The van der Waals surface area contributed by atoms with Crippen molar-refractivity contribution >= 4 is 11.9 Å². The van der Waals surface area contributed by atoms with E-state index >= 15 is 0 Å². The Kier molecular flexibility index (Phi) is 7.17. The van der Waals surface area contributed by atoms with Gasteiger partial charge in [0.25, 0.3) is 0 Å². The topological polar surface area (TPSA) is 65.1 Å². The molecule has 0 saturated carbocycles. The van der Waals surface area contributed by atoms with Crippen molar-refractivity contribution in [2.75, 3.05) is 27.3 Å².